The molecule has 0 radical (unpaired) electrons. The lowest BCUT2D eigenvalue weighted by Crippen LogP contribution is -2.24. The molecule has 0 aliphatic rings. The van der Waals surface area contributed by atoms with Crippen LogP contribution in [0.15, 0.2) is 54.9 Å². The highest BCUT2D eigenvalue weighted by molar-refractivity contribution is 5.75. The van der Waals surface area contributed by atoms with E-state index in [-0.39, 0.29) is 11.5 Å². The molecule has 4 rings (SSSR count). The van der Waals surface area contributed by atoms with Crippen molar-refractivity contribution in [3.8, 4) is 28.3 Å². The highest BCUT2D eigenvalue weighted by Gasteiger charge is 2.34. The van der Waals surface area contributed by atoms with Crippen LogP contribution in [0.1, 0.15) is 31.7 Å². The lowest BCUT2D eigenvalue weighted by Gasteiger charge is -2.11. The van der Waals surface area contributed by atoms with E-state index in [2.05, 4.69) is 20.4 Å². The number of anilines is 1. The van der Waals surface area contributed by atoms with E-state index >= 15 is 0 Å². The quantitative estimate of drug-likeness (QED) is 0.323. The molecule has 36 heavy (non-hydrogen) atoms. The van der Waals surface area contributed by atoms with Crippen LogP contribution in [-0.4, -0.2) is 38.6 Å². The fourth-order valence-electron chi connectivity index (χ4n) is 3.59. The molecule has 1 aromatic carbocycles. The molecule has 0 unspecified atom stereocenters. The van der Waals surface area contributed by atoms with Gasteiger partial charge in [0.05, 0.1) is 29.8 Å². The summed E-state index contributed by atoms with van der Waals surface area (Å²) in [5, 5.41) is 7.34. The molecular weight excluding hydrogens is 473 g/mol. The Kier molecular flexibility index (Phi) is 7.37. The first-order valence-corrected chi connectivity index (χ1v) is 11.4. The van der Waals surface area contributed by atoms with E-state index < -0.39 is 17.6 Å². The number of alkyl halides is 3. The largest absolute Gasteiger partial charge is 0.494 e. The third kappa shape index (κ3) is 5.73. The van der Waals surface area contributed by atoms with Crippen LogP contribution in [0.3, 0.4) is 0 Å². The number of carbonyl (C=O) groups is 1. The van der Waals surface area contributed by atoms with Crippen molar-refractivity contribution in [1.82, 2.24) is 24.9 Å². The minimum absolute atomic E-state index is 0.0418. The molecule has 0 saturated heterocycles. The van der Waals surface area contributed by atoms with Crippen LogP contribution in [-0.2, 0) is 11.0 Å². The predicted molar refractivity (Wildman–Crippen MR) is 129 cm³/mol. The van der Waals surface area contributed by atoms with Crippen molar-refractivity contribution in [2.75, 3.05) is 18.9 Å². The Morgan fingerprint density at radius 3 is 2.58 bits per heavy atom. The number of hydrogen-bond donors (Lipinski definition) is 2. The molecule has 11 heteroatoms. The van der Waals surface area contributed by atoms with Crippen LogP contribution in [0.5, 0.6) is 5.75 Å². The normalized spacial score (nSPS) is 11.6. The first-order valence-electron chi connectivity index (χ1n) is 11.4. The van der Waals surface area contributed by atoms with E-state index in [1.165, 1.54) is 6.20 Å². The van der Waals surface area contributed by atoms with E-state index in [1.807, 2.05) is 31.2 Å². The van der Waals surface area contributed by atoms with Crippen LogP contribution in [0.4, 0.5) is 19.0 Å². The summed E-state index contributed by atoms with van der Waals surface area (Å²) in [5.74, 6) is 0.132. The van der Waals surface area contributed by atoms with Crippen molar-refractivity contribution in [3.05, 3.63) is 60.4 Å². The lowest BCUT2D eigenvalue weighted by atomic mass is 10.1. The molecule has 0 saturated carbocycles. The van der Waals surface area contributed by atoms with Crippen molar-refractivity contribution < 1.29 is 22.7 Å². The number of halogens is 3. The number of aromatic nitrogens is 4. The Labute approximate surface area is 205 Å². The van der Waals surface area contributed by atoms with Crippen LogP contribution in [0, 0.1) is 0 Å². The summed E-state index contributed by atoms with van der Waals surface area (Å²) in [6.45, 7) is 2.97. The van der Waals surface area contributed by atoms with Crippen LogP contribution >= 0.6 is 0 Å². The molecule has 8 nitrogen and oxygen atoms in total. The number of nitrogens with zero attached hydrogens (tertiary/aromatic N) is 4. The molecule has 3 aromatic heterocycles. The van der Waals surface area contributed by atoms with E-state index in [0.29, 0.717) is 48.8 Å². The zero-order chi connectivity index (χ0) is 25.7. The molecule has 0 atom stereocenters. The number of carbonyl (C=O) groups excluding carboxylic acids is 1. The fraction of sp³-hybridized carbons (Fsp3) is 0.280. The number of nitrogens with one attached hydrogen (secondary N) is 1. The molecule has 0 bridgehead atoms. The second-order valence-electron chi connectivity index (χ2n) is 8.11. The van der Waals surface area contributed by atoms with Gasteiger partial charge in [0.2, 0.25) is 5.91 Å². The average molecular weight is 499 g/mol. The molecule has 4 aromatic rings. The molecule has 1 amide bonds. The van der Waals surface area contributed by atoms with E-state index in [1.54, 1.807) is 22.8 Å². The Hall–Kier alpha value is -4.15. The van der Waals surface area contributed by atoms with Crippen LogP contribution in [0.25, 0.3) is 28.2 Å². The maximum absolute atomic E-state index is 13.3. The Morgan fingerprint density at radius 1 is 1.08 bits per heavy atom. The number of nitrogen functional groups attached to an aromatic ring is 1. The number of amides is 1. The predicted octanol–water partition coefficient (Wildman–Crippen LogP) is 4.74. The summed E-state index contributed by atoms with van der Waals surface area (Å²) in [6, 6.07) is 11.5. The molecular formula is C25H25F3N6O2. The molecule has 3 heterocycles. The number of hydrogen-bond acceptors (Lipinski definition) is 6. The van der Waals surface area contributed by atoms with Crippen LogP contribution < -0.4 is 15.8 Å². The Morgan fingerprint density at radius 2 is 1.86 bits per heavy atom. The summed E-state index contributed by atoms with van der Waals surface area (Å²) in [6.07, 6.45) is 0.306. The zero-order valence-electron chi connectivity index (χ0n) is 19.5. The van der Waals surface area contributed by atoms with Crippen molar-refractivity contribution in [1.29, 1.82) is 0 Å². The number of imidazole rings is 1. The summed E-state index contributed by atoms with van der Waals surface area (Å²) >= 11 is 0. The topological polar surface area (TPSA) is 107 Å². The molecule has 188 valence electrons. The molecule has 0 aliphatic carbocycles. The zero-order valence-corrected chi connectivity index (χ0v) is 19.5. The van der Waals surface area contributed by atoms with Gasteiger partial charge in [0, 0.05) is 30.3 Å². The number of fused-ring (bicyclic) bond motifs is 1. The van der Waals surface area contributed by atoms with Crippen molar-refractivity contribution in [2.45, 2.75) is 32.4 Å². The maximum Gasteiger partial charge on any atom is 0.419 e. The summed E-state index contributed by atoms with van der Waals surface area (Å²) in [5.41, 5.74) is 6.90. The standard InChI is InChI=1S/C25H25F3N6O2/c1-2-4-23(35)30-11-3-12-36-18-7-5-16(6-8-18)21-15-31-22-10-9-20(33-34(21)22)17-13-19(25(26,27)28)24(29)32-14-17/h5-10,13-15H,2-4,11-12H2,1H3,(H2,29,32)(H,30,35). The van der Waals surface area contributed by atoms with Gasteiger partial charge in [-0.1, -0.05) is 6.92 Å². The van der Waals surface area contributed by atoms with Gasteiger partial charge in [0.1, 0.15) is 11.6 Å². The number of pyridine rings is 1. The third-order valence-electron chi connectivity index (χ3n) is 5.42. The summed E-state index contributed by atoms with van der Waals surface area (Å²) in [7, 11) is 0. The third-order valence-corrected chi connectivity index (χ3v) is 5.42. The minimum Gasteiger partial charge on any atom is -0.494 e. The van der Waals surface area contributed by atoms with Gasteiger partial charge in [-0.05, 0) is 55.3 Å². The number of rotatable bonds is 9. The van der Waals surface area contributed by atoms with Gasteiger partial charge in [0.15, 0.2) is 5.65 Å². The highest BCUT2D eigenvalue weighted by atomic mass is 19.4. The molecule has 0 fully saturated rings. The Bertz CT molecular complexity index is 1350. The van der Waals surface area contributed by atoms with Crippen molar-refractivity contribution >= 4 is 17.4 Å². The number of benzene rings is 1. The van der Waals surface area contributed by atoms with Gasteiger partial charge < -0.3 is 15.8 Å². The Balaban J connectivity index is 1.48. The summed E-state index contributed by atoms with van der Waals surface area (Å²) in [4.78, 5) is 19.5. The molecule has 3 N–H and O–H groups in total. The minimum atomic E-state index is -4.62. The van der Waals surface area contributed by atoms with Gasteiger partial charge >= 0.3 is 6.18 Å². The van der Waals surface area contributed by atoms with Gasteiger partial charge in [-0.3, -0.25) is 4.79 Å². The van der Waals surface area contributed by atoms with Crippen LogP contribution in [0.2, 0.25) is 0 Å². The number of ether oxygens (including phenoxy) is 1. The average Bonchev–Trinajstić information content (AvgIpc) is 3.27. The fourth-order valence-corrected chi connectivity index (χ4v) is 3.59. The smallest absolute Gasteiger partial charge is 0.419 e. The SMILES string of the molecule is CCCC(=O)NCCCOc1ccc(-c2cnc3ccc(-c4cnc(N)c(C(F)(F)F)c4)nn23)cc1. The van der Waals surface area contributed by atoms with Gasteiger partial charge in [-0.2, -0.15) is 18.3 Å². The first-order chi connectivity index (χ1) is 17.3. The second kappa shape index (κ2) is 10.6. The monoisotopic (exact) mass is 498 g/mol. The van der Waals surface area contributed by atoms with E-state index in [4.69, 9.17) is 10.5 Å². The van der Waals surface area contributed by atoms with Crippen molar-refractivity contribution in [3.63, 3.8) is 0 Å². The second-order valence-corrected chi connectivity index (χ2v) is 8.11. The van der Waals surface area contributed by atoms with Crippen molar-refractivity contribution in [2.24, 2.45) is 0 Å². The number of nitrogens with two attached hydrogens (primary N) is 1. The van der Waals surface area contributed by atoms with Gasteiger partial charge in [0.25, 0.3) is 0 Å². The van der Waals surface area contributed by atoms with Gasteiger partial charge in [-0.15, -0.1) is 0 Å². The van der Waals surface area contributed by atoms with E-state index in [0.717, 1.165) is 18.1 Å². The molecule has 0 spiro atoms. The summed E-state index contributed by atoms with van der Waals surface area (Å²) < 4.78 is 47.1. The highest BCUT2D eigenvalue weighted by Crippen LogP contribution is 2.35. The maximum atomic E-state index is 13.3. The lowest BCUT2D eigenvalue weighted by molar-refractivity contribution is -0.137. The van der Waals surface area contributed by atoms with E-state index in [9.17, 15) is 18.0 Å². The molecule has 0 aliphatic heterocycles. The van der Waals surface area contributed by atoms with Gasteiger partial charge in [-0.25, -0.2) is 14.5 Å². The first kappa shape index (κ1) is 25.0.